The van der Waals surface area contributed by atoms with Gasteiger partial charge in [0, 0.05) is 39.1 Å². The van der Waals surface area contributed by atoms with Gasteiger partial charge in [-0.25, -0.2) is 0 Å². The SMILES string of the molecule is CCC(=O)N(Cc1ccc(OC)cc1)C(C(=O)NCCN1CCOCC1)c1ccccc1. The second kappa shape index (κ2) is 12.2. The van der Waals surface area contributed by atoms with E-state index in [9.17, 15) is 9.59 Å². The molecule has 1 N–H and O–H groups in total. The summed E-state index contributed by atoms with van der Waals surface area (Å²) >= 11 is 0. The fourth-order valence-electron chi connectivity index (χ4n) is 3.82. The number of carbonyl (C=O) groups excluding carboxylic acids is 2. The summed E-state index contributed by atoms with van der Waals surface area (Å²) in [6, 6.07) is 16.4. The van der Waals surface area contributed by atoms with Crippen molar-refractivity contribution in [1.82, 2.24) is 15.1 Å². The summed E-state index contributed by atoms with van der Waals surface area (Å²) in [5.74, 6) is 0.514. The molecule has 1 aliphatic rings. The van der Waals surface area contributed by atoms with E-state index in [1.807, 2.05) is 61.5 Å². The molecule has 2 aromatic carbocycles. The third-order valence-electron chi connectivity index (χ3n) is 5.64. The van der Waals surface area contributed by atoms with Crippen LogP contribution >= 0.6 is 0 Å². The van der Waals surface area contributed by atoms with Gasteiger partial charge in [0.25, 0.3) is 0 Å². The van der Waals surface area contributed by atoms with E-state index >= 15 is 0 Å². The van der Waals surface area contributed by atoms with Crippen LogP contribution in [0.15, 0.2) is 54.6 Å². The molecule has 2 aromatic rings. The van der Waals surface area contributed by atoms with E-state index in [2.05, 4.69) is 10.2 Å². The van der Waals surface area contributed by atoms with E-state index < -0.39 is 6.04 Å². The summed E-state index contributed by atoms with van der Waals surface area (Å²) < 4.78 is 10.6. The number of morpholine rings is 1. The molecule has 1 saturated heterocycles. The highest BCUT2D eigenvalue weighted by Crippen LogP contribution is 2.25. The highest BCUT2D eigenvalue weighted by atomic mass is 16.5. The van der Waals surface area contributed by atoms with Gasteiger partial charge in [0.2, 0.25) is 11.8 Å². The van der Waals surface area contributed by atoms with Gasteiger partial charge in [0.15, 0.2) is 0 Å². The van der Waals surface area contributed by atoms with E-state index in [0.29, 0.717) is 19.5 Å². The van der Waals surface area contributed by atoms with Crippen molar-refractivity contribution >= 4 is 11.8 Å². The number of benzene rings is 2. The Hall–Kier alpha value is -2.90. The Morgan fingerprint density at radius 3 is 2.41 bits per heavy atom. The molecular weight excluding hydrogens is 406 g/mol. The summed E-state index contributed by atoms with van der Waals surface area (Å²) in [4.78, 5) is 30.3. The van der Waals surface area contributed by atoms with Crippen molar-refractivity contribution in [3.63, 3.8) is 0 Å². The van der Waals surface area contributed by atoms with Gasteiger partial charge in [-0.3, -0.25) is 14.5 Å². The van der Waals surface area contributed by atoms with Crippen LogP contribution in [0.1, 0.15) is 30.5 Å². The molecule has 2 amide bonds. The Morgan fingerprint density at radius 1 is 1.09 bits per heavy atom. The van der Waals surface area contributed by atoms with Crippen molar-refractivity contribution in [2.75, 3.05) is 46.5 Å². The number of hydrogen-bond acceptors (Lipinski definition) is 5. The Bertz CT molecular complexity index is 851. The van der Waals surface area contributed by atoms with Crippen LogP contribution in [0.25, 0.3) is 0 Å². The van der Waals surface area contributed by atoms with Crippen molar-refractivity contribution in [2.45, 2.75) is 25.9 Å². The van der Waals surface area contributed by atoms with Crippen molar-refractivity contribution in [3.8, 4) is 5.75 Å². The van der Waals surface area contributed by atoms with Crippen LogP contribution in [0.2, 0.25) is 0 Å². The van der Waals surface area contributed by atoms with Crippen LogP contribution < -0.4 is 10.1 Å². The van der Waals surface area contributed by atoms with Gasteiger partial charge in [-0.05, 0) is 23.3 Å². The van der Waals surface area contributed by atoms with Crippen LogP contribution in [0.5, 0.6) is 5.75 Å². The minimum Gasteiger partial charge on any atom is -0.497 e. The molecule has 3 rings (SSSR count). The van der Waals surface area contributed by atoms with E-state index in [4.69, 9.17) is 9.47 Å². The molecule has 7 heteroatoms. The van der Waals surface area contributed by atoms with E-state index in [-0.39, 0.29) is 11.8 Å². The molecule has 1 unspecified atom stereocenters. The fraction of sp³-hybridized carbons (Fsp3) is 0.440. The van der Waals surface area contributed by atoms with Crippen LogP contribution in [-0.4, -0.2) is 68.1 Å². The normalized spacial score (nSPS) is 15.1. The Kier molecular flexibility index (Phi) is 9.07. The molecule has 32 heavy (non-hydrogen) atoms. The first kappa shape index (κ1) is 23.8. The minimum atomic E-state index is -0.699. The smallest absolute Gasteiger partial charge is 0.247 e. The van der Waals surface area contributed by atoms with Gasteiger partial charge in [-0.15, -0.1) is 0 Å². The maximum atomic E-state index is 13.4. The molecule has 0 saturated carbocycles. The van der Waals surface area contributed by atoms with E-state index in [1.165, 1.54) is 0 Å². The number of nitrogens with zero attached hydrogens (tertiary/aromatic N) is 2. The van der Waals surface area contributed by atoms with Gasteiger partial charge >= 0.3 is 0 Å². The van der Waals surface area contributed by atoms with Crippen LogP contribution in [0.3, 0.4) is 0 Å². The molecule has 0 spiro atoms. The number of carbonyl (C=O) groups is 2. The largest absolute Gasteiger partial charge is 0.497 e. The lowest BCUT2D eigenvalue weighted by Gasteiger charge is -2.32. The zero-order valence-corrected chi connectivity index (χ0v) is 19.0. The van der Waals surface area contributed by atoms with Crippen LogP contribution in [0, 0.1) is 0 Å². The number of hydrogen-bond donors (Lipinski definition) is 1. The summed E-state index contributed by atoms with van der Waals surface area (Å²) in [6.45, 7) is 6.64. The maximum Gasteiger partial charge on any atom is 0.247 e. The predicted octanol–water partition coefficient (Wildman–Crippen LogP) is 2.62. The average molecular weight is 440 g/mol. The number of ether oxygens (including phenoxy) is 2. The fourth-order valence-corrected chi connectivity index (χ4v) is 3.82. The molecule has 1 fully saturated rings. The van der Waals surface area contributed by atoms with Crippen molar-refractivity contribution < 1.29 is 19.1 Å². The summed E-state index contributed by atoms with van der Waals surface area (Å²) in [7, 11) is 1.62. The number of nitrogens with one attached hydrogen (secondary N) is 1. The topological polar surface area (TPSA) is 71.1 Å². The van der Waals surface area contributed by atoms with Crippen LogP contribution in [0.4, 0.5) is 0 Å². The van der Waals surface area contributed by atoms with Gasteiger partial charge in [-0.2, -0.15) is 0 Å². The van der Waals surface area contributed by atoms with Crippen molar-refractivity contribution in [2.24, 2.45) is 0 Å². The zero-order valence-electron chi connectivity index (χ0n) is 19.0. The van der Waals surface area contributed by atoms with Crippen LogP contribution in [-0.2, 0) is 20.9 Å². The molecule has 1 atom stereocenters. The van der Waals surface area contributed by atoms with E-state index in [0.717, 1.165) is 49.7 Å². The Balaban J connectivity index is 1.78. The molecule has 1 aliphatic heterocycles. The van der Waals surface area contributed by atoms with Gasteiger partial charge < -0.3 is 19.7 Å². The quantitative estimate of drug-likeness (QED) is 0.616. The standard InChI is InChI=1S/C25H33N3O4/c1-3-23(29)28(19-20-9-11-22(31-2)12-10-20)24(21-7-5-4-6-8-21)25(30)26-13-14-27-15-17-32-18-16-27/h4-12,24H,3,13-19H2,1-2H3,(H,26,30). The maximum absolute atomic E-state index is 13.4. The van der Waals surface area contributed by atoms with Gasteiger partial charge in [-0.1, -0.05) is 49.4 Å². The van der Waals surface area contributed by atoms with Crippen molar-refractivity contribution in [3.05, 3.63) is 65.7 Å². The first-order chi connectivity index (χ1) is 15.6. The third-order valence-corrected chi connectivity index (χ3v) is 5.64. The molecule has 0 bridgehead atoms. The molecule has 0 aliphatic carbocycles. The number of amides is 2. The molecule has 172 valence electrons. The molecule has 0 aromatic heterocycles. The second-order valence-corrected chi connectivity index (χ2v) is 7.78. The third kappa shape index (κ3) is 6.55. The minimum absolute atomic E-state index is 0.0713. The van der Waals surface area contributed by atoms with Gasteiger partial charge in [0.1, 0.15) is 11.8 Å². The summed E-state index contributed by atoms with van der Waals surface area (Å²) in [6.07, 6.45) is 0.320. The highest BCUT2D eigenvalue weighted by molar-refractivity contribution is 5.88. The molecule has 7 nitrogen and oxygen atoms in total. The highest BCUT2D eigenvalue weighted by Gasteiger charge is 2.30. The Morgan fingerprint density at radius 2 is 1.78 bits per heavy atom. The zero-order chi connectivity index (χ0) is 22.8. The van der Waals surface area contributed by atoms with Crippen molar-refractivity contribution in [1.29, 1.82) is 0 Å². The van der Waals surface area contributed by atoms with Gasteiger partial charge in [0.05, 0.1) is 20.3 Å². The van der Waals surface area contributed by atoms with E-state index in [1.54, 1.807) is 12.0 Å². The predicted molar refractivity (Wildman–Crippen MR) is 123 cm³/mol. The molecule has 1 heterocycles. The number of rotatable bonds is 10. The average Bonchev–Trinajstić information content (AvgIpc) is 2.85. The number of methoxy groups -OCH3 is 1. The lowest BCUT2D eigenvalue weighted by atomic mass is 10.0. The monoisotopic (exact) mass is 439 g/mol. The molecular formula is C25H33N3O4. The molecule has 0 radical (unpaired) electrons. The first-order valence-corrected chi connectivity index (χ1v) is 11.2. The summed E-state index contributed by atoms with van der Waals surface area (Å²) in [5.41, 5.74) is 1.74. The lowest BCUT2D eigenvalue weighted by Crippen LogP contribution is -2.46. The lowest BCUT2D eigenvalue weighted by molar-refractivity contribution is -0.141. The first-order valence-electron chi connectivity index (χ1n) is 11.2. The second-order valence-electron chi connectivity index (χ2n) is 7.78. The Labute approximate surface area is 190 Å². The summed E-state index contributed by atoms with van der Waals surface area (Å²) in [5, 5.41) is 3.06.